The minimum atomic E-state index is -0.190. The van der Waals surface area contributed by atoms with Crippen LogP contribution in [0.15, 0.2) is 6.33 Å². The topological polar surface area (TPSA) is 108 Å². The summed E-state index contributed by atoms with van der Waals surface area (Å²) in [6.07, 6.45) is 4.02. The second kappa shape index (κ2) is 7.53. The zero-order valence-electron chi connectivity index (χ0n) is 11.2. The molecule has 2 aromatic heterocycles. The normalized spacial score (nSPS) is 10.4. The quantitative estimate of drug-likeness (QED) is 0.623. The number of anilines is 1. The molecule has 9 heteroatoms. The molecule has 0 aliphatic rings. The summed E-state index contributed by atoms with van der Waals surface area (Å²) in [5, 5.41) is 21.3. The van der Waals surface area contributed by atoms with Crippen LogP contribution in [0.4, 0.5) is 5.13 Å². The average molecular weight is 295 g/mol. The Labute approximate surface area is 120 Å². The molecule has 0 aliphatic heterocycles. The first-order chi connectivity index (χ1) is 9.79. The summed E-state index contributed by atoms with van der Waals surface area (Å²) in [5.74, 6) is 0.630. The molecule has 0 saturated heterocycles. The van der Waals surface area contributed by atoms with Gasteiger partial charge in [-0.25, -0.2) is 4.98 Å². The molecule has 2 rings (SSSR count). The maximum absolute atomic E-state index is 11.8. The SMILES string of the molecule is CCCNc1nnc(C(=O)NCCCc2ncn[nH]2)s1. The van der Waals surface area contributed by atoms with Crippen LogP contribution in [0, 0.1) is 0 Å². The second-order valence-electron chi connectivity index (χ2n) is 4.13. The molecular weight excluding hydrogens is 278 g/mol. The molecule has 108 valence electrons. The molecule has 2 heterocycles. The van der Waals surface area contributed by atoms with E-state index in [-0.39, 0.29) is 5.91 Å². The van der Waals surface area contributed by atoms with Gasteiger partial charge in [0.05, 0.1) is 0 Å². The molecule has 1 amide bonds. The minimum Gasteiger partial charge on any atom is -0.360 e. The minimum absolute atomic E-state index is 0.190. The fraction of sp³-hybridized carbons (Fsp3) is 0.545. The highest BCUT2D eigenvalue weighted by molar-refractivity contribution is 7.17. The lowest BCUT2D eigenvalue weighted by Gasteiger charge is -2.00. The molecule has 0 unspecified atom stereocenters. The van der Waals surface area contributed by atoms with Gasteiger partial charge in [0.2, 0.25) is 10.1 Å². The van der Waals surface area contributed by atoms with E-state index in [0.29, 0.717) is 16.7 Å². The van der Waals surface area contributed by atoms with Gasteiger partial charge in [-0.15, -0.1) is 10.2 Å². The summed E-state index contributed by atoms with van der Waals surface area (Å²) < 4.78 is 0. The van der Waals surface area contributed by atoms with Crippen molar-refractivity contribution in [1.29, 1.82) is 0 Å². The van der Waals surface area contributed by atoms with Crippen LogP contribution >= 0.6 is 11.3 Å². The van der Waals surface area contributed by atoms with Crippen LogP contribution in [-0.2, 0) is 6.42 Å². The number of carbonyl (C=O) groups excluding carboxylic acids is 1. The number of aryl methyl sites for hydroxylation is 1. The number of H-pyrrole nitrogens is 1. The largest absolute Gasteiger partial charge is 0.360 e. The third kappa shape index (κ3) is 4.26. The Bertz CT molecular complexity index is 525. The number of aromatic amines is 1. The summed E-state index contributed by atoms with van der Waals surface area (Å²) in [5.41, 5.74) is 0. The summed E-state index contributed by atoms with van der Waals surface area (Å²) in [6.45, 7) is 3.46. The molecule has 20 heavy (non-hydrogen) atoms. The van der Waals surface area contributed by atoms with E-state index in [0.717, 1.165) is 31.6 Å². The van der Waals surface area contributed by atoms with Gasteiger partial charge in [-0.2, -0.15) is 5.10 Å². The molecule has 3 N–H and O–H groups in total. The zero-order chi connectivity index (χ0) is 14.2. The third-order valence-electron chi connectivity index (χ3n) is 2.49. The van der Waals surface area contributed by atoms with Gasteiger partial charge in [-0.3, -0.25) is 9.89 Å². The lowest BCUT2D eigenvalue weighted by Crippen LogP contribution is -2.24. The Hall–Kier alpha value is -2.03. The Kier molecular flexibility index (Phi) is 5.42. The van der Waals surface area contributed by atoms with Crippen LogP contribution < -0.4 is 10.6 Å². The maximum atomic E-state index is 11.8. The van der Waals surface area contributed by atoms with E-state index in [1.807, 2.05) is 0 Å². The van der Waals surface area contributed by atoms with E-state index in [4.69, 9.17) is 0 Å². The van der Waals surface area contributed by atoms with Crippen LogP contribution in [0.3, 0.4) is 0 Å². The molecule has 0 bridgehead atoms. The fourth-order valence-electron chi connectivity index (χ4n) is 1.50. The number of rotatable bonds is 8. The number of hydrogen-bond acceptors (Lipinski definition) is 7. The van der Waals surface area contributed by atoms with Crippen molar-refractivity contribution in [2.45, 2.75) is 26.2 Å². The van der Waals surface area contributed by atoms with Crippen molar-refractivity contribution in [3.05, 3.63) is 17.2 Å². The van der Waals surface area contributed by atoms with Gasteiger partial charge in [0.1, 0.15) is 12.2 Å². The van der Waals surface area contributed by atoms with Gasteiger partial charge in [0.15, 0.2) is 0 Å². The van der Waals surface area contributed by atoms with Crippen LogP contribution in [-0.4, -0.2) is 44.4 Å². The number of amides is 1. The Balaban J connectivity index is 1.70. The highest BCUT2D eigenvalue weighted by Crippen LogP contribution is 2.14. The predicted octanol–water partition coefficient (Wildman–Crippen LogP) is 0.841. The van der Waals surface area contributed by atoms with Gasteiger partial charge >= 0.3 is 0 Å². The standard InChI is InChI=1S/C11H17N7OS/c1-2-5-13-11-18-17-10(20-11)9(19)12-6-3-4-8-14-7-15-16-8/h7H,2-6H2,1H3,(H,12,19)(H,13,18)(H,14,15,16). The van der Waals surface area contributed by atoms with Gasteiger partial charge in [0.25, 0.3) is 5.91 Å². The first-order valence-electron chi connectivity index (χ1n) is 6.49. The first-order valence-corrected chi connectivity index (χ1v) is 7.31. The van der Waals surface area contributed by atoms with Gasteiger partial charge in [-0.05, 0) is 12.8 Å². The molecule has 0 saturated carbocycles. The van der Waals surface area contributed by atoms with Crippen molar-refractivity contribution < 1.29 is 4.79 Å². The van der Waals surface area contributed by atoms with Gasteiger partial charge < -0.3 is 10.6 Å². The molecule has 0 fully saturated rings. The number of nitrogens with one attached hydrogen (secondary N) is 3. The second-order valence-corrected chi connectivity index (χ2v) is 5.11. The van der Waals surface area contributed by atoms with Crippen molar-refractivity contribution in [3.8, 4) is 0 Å². The molecule has 2 aromatic rings. The predicted molar refractivity (Wildman–Crippen MR) is 75.7 cm³/mol. The smallest absolute Gasteiger partial charge is 0.282 e. The zero-order valence-corrected chi connectivity index (χ0v) is 12.0. The van der Waals surface area contributed by atoms with Crippen LogP contribution in [0.1, 0.15) is 35.4 Å². The van der Waals surface area contributed by atoms with E-state index in [1.54, 1.807) is 0 Å². The van der Waals surface area contributed by atoms with Crippen molar-refractivity contribution in [2.75, 3.05) is 18.4 Å². The lowest BCUT2D eigenvalue weighted by molar-refractivity contribution is 0.0952. The van der Waals surface area contributed by atoms with Gasteiger partial charge in [0, 0.05) is 19.5 Å². The Morgan fingerprint density at radius 3 is 3.05 bits per heavy atom. The van der Waals surface area contributed by atoms with E-state index in [2.05, 4.69) is 42.9 Å². The Morgan fingerprint density at radius 2 is 2.30 bits per heavy atom. The molecule has 0 radical (unpaired) electrons. The average Bonchev–Trinajstić information content (AvgIpc) is 3.12. The van der Waals surface area contributed by atoms with Crippen LogP contribution in [0.2, 0.25) is 0 Å². The van der Waals surface area contributed by atoms with E-state index in [1.165, 1.54) is 17.7 Å². The van der Waals surface area contributed by atoms with Crippen LogP contribution in [0.25, 0.3) is 0 Å². The number of carbonyl (C=O) groups is 1. The van der Waals surface area contributed by atoms with Crippen molar-refractivity contribution in [1.82, 2.24) is 30.7 Å². The molecule has 0 spiro atoms. The summed E-state index contributed by atoms with van der Waals surface area (Å²) in [4.78, 5) is 15.8. The molecular formula is C11H17N7OS. The molecule has 8 nitrogen and oxygen atoms in total. The van der Waals surface area contributed by atoms with Crippen molar-refractivity contribution in [3.63, 3.8) is 0 Å². The molecule has 0 atom stereocenters. The van der Waals surface area contributed by atoms with Crippen molar-refractivity contribution in [2.24, 2.45) is 0 Å². The summed E-state index contributed by atoms with van der Waals surface area (Å²) >= 11 is 1.26. The number of hydrogen-bond donors (Lipinski definition) is 3. The van der Waals surface area contributed by atoms with Gasteiger partial charge in [-0.1, -0.05) is 18.3 Å². The first kappa shape index (κ1) is 14.4. The van der Waals surface area contributed by atoms with E-state index >= 15 is 0 Å². The Morgan fingerprint density at radius 1 is 1.40 bits per heavy atom. The summed E-state index contributed by atoms with van der Waals surface area (Å²) in [6, 6.07) is 0. The highest BCUT2D eigenvalue weighted by Gasteiger charge is 2.11. The van der Waals surface area contributed by atoms with Crippen molar-refractivity contribution >= 4 is 22.4 Å². The molecule has 0 aromatic carbocycles. The molecule has 0 aliphatic carbocycles. The maximum Gasteiger partial charge on any atom is 0.282 e. The number of nitrogens with zero attached hydrogens (tertiary/aromatic N) is 4. The fourth-order valence-corrected chi connectivity index (χ4v) is 2.19. The lowest BCUT2D eigenvalue weighted by atomic mass is 10.3. The van der Waals surface area contributed by atoms with Crippen LogP contribution in [0.5, 0.6) is 0 Å². The monoisotopic (exact) mass is 295 g/mol. The third-order valence-corrected chi connectivity index (χ3v) is 3.37. The summed E-state index contributed by atoms with van der Waals surface area (Å²) in [7, 11) is 0. The number of aromatic nitrogens is 5. The van der Waals surface area contributed by atoms with E-state index < -0.39 is 0 Å². The highest BCUT2D eigenvalue weighted by atomic mass is 32.1. The van der Waals surface area contributed by atoms with E-state index in [9.17, 15) is 4.79 Å².